The molecule has 0 N–H and O–H groups in total. The molecule has 4 aromatic rings. The maximum Gasteiger partial charge on any atom is 0.338 e. The molecule has 0 spiro atoms. The second-order valence-corrected chi connectivity index (χ2v) is 8.95. The minimum absolute atomic E-state index is 0.0185. The highest BCUT2D eigenvalue weighted by atomic mass is 32.2. The largest absolute Gasteiger partial charge is 0.454 e. The van der Waals surface area contributed by atoms with Crippen LogP contribution in [0.25, 0.3) is 11.0 Å². The molecule has 0 saturated heterocycles. The van der Waals surface area contributed by atoms with E-state index in [9.17, 15) is 18.0 Å². The van der Waals surface area contributed by atoms with E-state index in [1.165, 1.54) is 31.3 Å². The van der Waals surface area contributed by atoms with Crippen molar-refractivity contribution in [2.24, 2.45) is 0 Å². The minimum Gasteiger partial charge on any atom is -0.454 e. The third-order valence-electron chi connectivity index (χ3n) is 4.88. The van der Waals surface area contributed by atoms with Crippen LogP contribution in [-0.2, 0) is 14.8 Å². The summed E-state index contributed by atoms with van der Waals surface area (Å²) in [6.07, 6.45) is 0. The second kappa shape index (κ2) is 8.68. The van der Waals surface area contributed by atoms with E-state index < -0.39 is 28.4 Å². The molecule has 162 valence electrons. The number of Topliss-reactive ketones (excluding diaryl/α,β-unsaturated/α-hetero) is 1. The van der Waals surface area contributed by atoms with Crippen LogP contribution < -0.4 is 4.31 Å². The van der Waals surface area contributed by atoms with E-state index in [0.29, 0.717) is 11.3 Å². The molecule has 0 unspecified atom stereocenters. The lowest BCUT2D eigenvalue weighted by atomic mass is 10.2. The lowest BCUT2D eigenvalue weighted by Gasteiger charge is -2.19. The van der Waals surface area contributed by atoms with Gasteiger partial charge in [-0.2, -0.15) is 0 Å². The van der Waals surface area contributed by atoms with Crippen LogP contribution in [0.5, 0.6) is 0 Å². The van der Waals surface area contributed by atoms with Gasteiger partial charge in [-0.25, -0.2) is 13.2 Å². The molecule has 32 heavy (non-hydrogen) atoms. The molecule has 0 aliphatic rings. The van der Waals surface area contributed by atoms with Crippen molar-refractivity contribution in [1.29, 1.82) is 0 Å². The first-order chi connectivity index (χ1) is 15.4. The summed E-state index contributed by atoms with van der Waals surface area (Å²) >= 11 is 0. The molecule has 0 amide bonds. The molecular weight excluding hydrogens is 430 g/mol. The topological polar surface area (TPSA) is 93.9 Å². The number of carbonyl (C=O) groups is 2. The van der Waals surface area contributed by atoms with Crippen LogP contribution in [0.2, 0.25) is 0 Å². The Labute approximate surface area is 184 Å². The fraction of sp³-hybridized carbons (Fsp3) is 0.0833. The molecule has 8 heteroatoms. The van der Waals surface area contributed by atoms with Crippen molar-refractivity contribution in [2.75, 3.05) is 18.0 Å². The predicted octanol–water partition coefficient (Wildman–Crippen LogP) is 4.30. The van der Waals surface area contributed by atoms with E-state index in [1.54, 1.807) is 54.6 Å². The van der Waals surface area contributed by atoms with Crippen LogP contribution in [-0.4, -0.2) is 33.8 Å². The minimum atomic E-state index is -3.89. The van der Waals surface area contributed by atoms with Crippen molar-refractivity contribution >= 4 is 38.4 Å². The maximum atomic E-state index is 13.0. The smallest absolute Gasteiger partial charge is 0.338 e. The highest BCUT2D eigenvalue weighted by Crippen LogP contribution is 2.23. The van der Waals surface area contributed by atoms with E-state index in [1.807, 2.05) is 6.07 Å². The molecule has 1 aromatic heterocycles. The SMILES string of the molecule is CN(c1ccccc1)S(=O)(=O)c1cccc(C(=O)OCC(=O)c2cc3ccccc3o2)c1. The monoisotopic (exact) mass is 449 g/mol. The van der Waals surface area contributed by atoms with Gasteiger partial charge in [0, 0.05) is 12.4 Å². The molecule has 0 aliphatic carbocycles. The van der Waals surface area contributed by atoms with Crippen LogP contribution in [0, 0.1) is 0 Å². The number of anilines is 1. The van der Waals surface area contributed by atoms with E-state index >= 15 is 0 Å². The Morgan fingerprint density at radius 1 is 0.906 bits per heavy atom. The van der Waals surface area contributed by atoms with Gasteiger partial charge in [-0.1, -0.05) is 42.5 Å². The van der Waals surface area contributed by atoms with E-state index in [4.69, 9.17) is 9.15 Å². The van der Waals surface area contributed by atoms with Crippen molar-refractivity contribution in [1.82, 2.24) is 0 Å². The molecule has 0 bridgehead atoms. The summed E-state index contributed by atoms with van der Waals surface area (Å²) in [6.45, 7) is -0.528. The molecule has 3 aromatic carbocycles. The summed E-state index contributed by atoms with van der Waals surface area (Å²) in [6, 6.07) is 22.8. The van der Waals surface area contributed by atoms with Crippen molar-refractivity contribution in [2.45, 2.75) is 4.90 Å². The Hall–Kier alpha value is -3.91. The lowest BCUT2D eigenvalue weighted by Crippen LogP contribution is -2.26. The Kier molecular flexibility index (Phi) is 5.79. The standard InChI is InChI=1S/C24H19NO6S/c1-25(19-10-3-2-4-11-19)32(28,29)20-12-7-9-18(14-20)24(27)30-16-21(26)23-15-17-8-5-6-13-22(17)31-23/h2-15H,16H2,1H3. The van der Waals surface area contributed by atoms with Gasteiger partial charge in [0.05, 0.1) is 16.1 Å². The number of ketones is 1. The van der Waals surface area contributed by atoms with Gasteiger partial charge >= 0.3 is 5.97 Å². The number of benzene rings is 3. The highest BCUT2D eigenvalue weighted by Gasteiger charge is 2.23. The van der Waals surface area contributed by atoms with Gasteiger partial charge in [0.15, 0.2) is 12.4 Å². The van der Waals surface area contributed by atoms with E-state index in [0.717, 1.165) is 9.69 Å². The number of nitrogens with zero attached hydrogens (tertiary/aromatic N) is 1. The van der Waals surface area contributed by atoms with Gasteiger partial charge in [-0.05, 0) is 42.5 Å². The van der Waals surface area contributed by atoms with Crippen LogP contribution in [0.15, 0.2) is 94.2 Å². The first-order valence-corrected chi connectivity index (χ1v) is 11.1. The summed E-state index contributed by atoms with van der Waals surface area (Å²) in [7, 11) is -2.46. The van der Waals surface area contributed by atoms with Crippen molar-refractivity contribution in [3.8, 4) is 0 Å². The molecule has 0 fully saturated rings. The summed E-state index contributed by atoms with van der Waals surface area (Å²) in [5.74, 6) is -1.23. The zero-order valence-corrected chi connectivity index (χ0v) is 17.9. The first-order valence-electron chi connectivity index (χ1n) is 9.69. The number of hydrogen-bond acceptors (Lipinski definition) is 6. The zero-order valence-electron chi connectivity index (χ0n) is 17.1. The van der Waals surface area contributed by atoms with E-state index in [2.05, 4.69) is 0 Å². The molecule has 0 saturated carbocycles. The molecular formula is C24H19NO6S. The molecule has 0 atom stereocenters. The number of esters is 1. The van der Waals surface area contributed by atoms with E-state index in [-0.39, 0.29) is 16.2 Å². The van der Waals surface area contributed by atoms with Crippen molar-refractivity contribution < 1.29 is 27.2 Å². The van der Waals surface area contributed by atoms with Gasteiger partial charge in [-0.15, -0.1) is 0 Å². The molecule has 0 radical (unpaired) electrons. The van der Waals surface area contributed by atoms with Gasteiger partial charge in [0.1, 0.15) is 5.58 Å². The Morgan fingerprint density at radius 2 is 1.62 bits per heavy atom. The number of rotatable bonds is 7. The summed E-state index contributed by atoms with van der Waals surface area (Å²) in [4.78, 5) is 24.7. The summed E-state index contributed by atoms with van der Waals surface area (Å²) in [5, 5.41) is 0.766. The first kappa shape index (κ1) is 21.3. The number of carbonyl (C=O) groups excluding carboxylic acids is 2. The number of para-hydroxylation sites is 2. The number of ether oxygens (including phenoxy) is 1. The fourth-order valence-corrected chi connectivity index (χ4v) is 4.37. The van der Waals surface area contributed by atoms with Gasteiger partial charge in [0.25, 0.3) is 10.0 Å². The quantitative estimate of drug-likeness (QED) is 0.308. The molecule has 4 rings (SSSR count). The number of fused-ring (bicyclic) bond motifs is 1. The van der Waals surface area contributed by atoms with Crippen LogP contribution in [0.1, 0.15) is 20.9 Å². The van der Waals surface area contributed by atoms with Crippen molar-refractivity contribution in [3.63, 3.8) is 0 Å². The van der Waals surface area contributed by atoms with Crippen molar-refractivity contribution in [3.05, 3.63) is 96.3 Å². The number of hydrogen-bond donors (Lipinski definition) is 0. The normalized spacial score (nSPS) is 11.3. The zero-order chi connectivity index (χ0) is 22.7. The third kappa shape index (κ3) is 4.26. The number of furan rings is 1. The third-order valence-corrected chi connectivity index (χ3v) is 6.66. The average molecular weight is 449 g/mol. The summed E-state index contributed by atoms with van der Waals surface area (Å²) < 4.78 is 37.6. The fourth-order valence-electron chi connectivity index (χ4n) is 3.12. The van der Waals surface area contributed by atoms with Gasteiger partial charge < -0.3 is 9.15 Å². The Bertz CT molecular complexity index is 1360. The summed E-state index contributed by atoms with van der Waals surface area (Å²) in [5.41, 5.74) is 1.06. The van der Waals surface area contributed by atoms with Crippen LogP contribution in [0.4, 0.5) is 5.69 Å². The highest BCUT2D eigenvalue weighted by molar-refractivity contribution is 7.92. The second-order valence-electron chi connectivity index (χ2n) is 6.98. The molecule has 0 aliphatic heterocycles. The Morgan fingerprint density at radius 3 is 2.38 bits per heavy atom. The molecule has 7 nitrogen and oxygen atoms in total. The maximum absolute atomic E-state index is 13.0. The molecule has 1 heterocycles. The Balaban J connectivity index is 1.47. The number of sulfonamides is 1. The lowest BCUT2D eigenvalue weighted by molar-refractivity contribution is 0.0468. The van der Waals surface area contributed by atoms with Gasteiger partial charge in [0.2, 0.25) is 5.78 Å². The predicted molar refractivity (Wildman–Crippen MR) is 119 cm³/mol. The average Bonchev–Trinajstić information content (AvgIpc) is 3.27. The van der Waals surface area contributed by atoms with Crippen LogP contribution in [0.3, 0.4) is 0 Å². The van der Waals surface area contributed by atoms with Gasteiger partial charge in [-0.3, -0.25) is 9.10 Å². The van der Waals surface area contributed by atoms with Crippen LogP contribution >= 0.6 is 0 Å².